The molecule has 1 saturated heterocycles. The third-order valence-corrected chi connectivity index (χ3v) is 7.60. The molecule has 0 atom stereocenters. The summed E-state index contributed by atoms with van der Waals surface area (Å²) in [6.07, 6.45) is 3.56. The first-order valence-corrected chi connectivity index (χ1v) is 13.4. The number of amides is 1. The van der Waals surface area contributed by atoms with E-state index in [0.717, 1.165) is 48.8 Å². The van der Waals surface area contributed by atoms with Gasteiger partial charge in [-0.05, 0) is 57.6 Å². The van der Waals surface area contributed by atoms with E-state index in [2.05, 4.69) is 47.6 Å². The number of carbonyl (C=O) groups is 1. The number of hydrogen-bond donors (Lipinski definition) is 3. The molecular formula is C27H31N9O2S. The highest BCUT2D eigenvalue weighted by Crippen LogP contribution is 2.36. The van der Waals surface area contributed by atoms with Gasteiger partial charge in [-0.25, -0.2) is 9.97 Å². The van der Waals surface area contributed by atoms with E-state index in [-0.39, 0.29) is 11.8 Å². The Morgan fingerprint density at radius 2 is 1.90 bits per heavy atom. The summed E-state index contributed by atoms with van der Waals surface area (Å²) in [6.45, 7) is 9.51. The molecule has 1 amide bonds. The van der Waals surface area contributed by atoms with E-state index in [9.17, 15) is 4.79 Å². The van der Waals surface area contributed by atoms with E-state index < -0.39 is 0 Å². The standard InChI is InChI=1S/C27H31N9O2S/c1-5-16(2)25(37)30-18-7-6-17(3)20(14-18)24-33-26(38-34-24)22-23(28)32-27(39-22)31-19-8-9-21(29-15-19)36-12-10-35(4)11-13-36/h5-9,14-15H,10-13,28H2,1-4H3,(H,30,37)(H,31,32)/b16-5+. The second kappa shape index (κ2) is 11.2. The van der Waals surface area contributed by atoms with Gasteiger partial charge in [0.25, 0.3) is 11.8 Å². The number of allylic oxidation sites excluding steroid dienone is 1. The van der Waals surface area contributed by atoms with Crippen LogP contribution in [-0.4, -0.2) is 64.1 Å². The Morgan fingerprint density at radius 1 is 1.13 bits per heavy atom. The van der Waals surface area contributed by atoms with E-state index in [1.807, 2.05) is 44.2 Å². The number of anilines is 5. The van der Waals surface area contributed by atoms with Crippen molar-refractivity contribution >= 4 is 45.4 Å². The second-order valence-corrected chi connectivity index (χ2v) is 10.4. The zero-order chi connectivity index (χ0) is 27.5. The summed E-state index contributed by atoms with van der Waals surface area (Å²) in [5, 5.41) is 10.9. The number of nitrogens with one attached hydrogen (secondary N) is 2. The number of piperazine rings is 1. The Bertz CT molecular complexity index is 1500. The molecule has 0 radical (unpaired) electrons. The van der Waals surface area contributed by atoms with Crippen molar-refractivity contribution in [1.29, 1.82) is 0 Å². The maximum Gasteiger partial charge on any atom is 0.272 e. The molecule has 202 valence electrons. The highest BCUT2D eigenvalue weighted by atomic mass is 32.1. The summed E-state index contributed by atoms with van der Waals surface area (Å²) in [5.41, 5.74) is 9.98. The molecule has 1 aromatic carbocycles. The number of likely N-dealkylation sites (N-methyl/N-ethyl adjacent to an activating group) is 1. The number of thiazole rings is 1. The number of aromatic nitrogens is 4. The molecule has 4 N–H and O–H groups in total. The van der Waals surface area contributed by atoms with E-state index in [1.54, 1.807) is 19.2 Å². The molecule has 0 saturated carbocycles. The van der Waals surface area contributed by atoms with Gasteiger partial charge in [-0.15, -0.1) is 0 Å². The summed E-state index contributed by atoms with van der Waals surface area (Å²) in [6, 6.07) is 9.56. The van der Waals surface area contributed by atoms with Crippen LogP contribution in [0, 0.1) is 6.92 Å². The lowest BCUT2D eigenvalue weighted by Crippen LogP contribution is -2.44. The number of carbonyl (C=O) groups excluding carboxylic acids is 1. The van der Waals surface area contributed by atoms with Gasteiger partial charge in [-0.1, -0.05) is 28.6 Å². The van der Waals surface area contributed by atoms with Crippen LogP contribution in [0.15, 0.2) is 52.7 Å². The van der Waals surface area contributed by atoms with Gasteiger partial charge < -0.3 is 30.7 Å². The first-order valence-electron chi connectivity index (χ1n) is 12.6. The highest BCUT2D eigenvalue weighted by molar-refractivity contribution is 7.19. The quantitative estimate of drug-likeness (QED) is 0.284. The average molecular weight is 546 g/mol. The first kappa shape index (κ1) is 26.3. The Balaban J connectivity index is 1.30. The second-order valence-electron chi connectivity index (χ2n) is 9.43. The zero-order valence-corrected chi connectivity index (χ0v) is 23.2. The van der Waals surface area contributed by atoms with Crippen LogP contribution in [0.4, 0.5) is 28.1 Å². The molecule has 4 aromatic rings. The summed E-state index contributed by atoms with van der Waals surface area (Å²) in [5.74, 6) is 1.76. The van der Waals surface area contributed by atoms with Crippen LogP contribution in [0.1, 0.15) is 19.4 Å². The van der Waals surface area contributed by atoms with Crippen molar-refractivity contribution in [3.63, 3.8) is 0 Å². The number of benzene rings is 1. The molecule has 1 aliphatic rings. The molecule has 3 aromatic heterocycles. The molecule has 0 unspecified atom stereocenters. The Morgan fingerprint density at radius 3 is 2.62 bits per heavy atom. The molecule has 4 heterocycles. The fourth-order valence-corrected chi connectivity index (χ4v) is 4.90. The average Bonchev–Trinajstić information content (AvgIpc) is 3.56. The lowest BCUT2D eigenvalue weighted by molar-refractivity contribution is -0.112. The Labute approximate surface area is 230 Å². The molecule has 0 aliphatic carbocycles. The van der Waals surface area contributed by atoms with Crippen molar-refractivity contribution in [2.45, 2.75) is 20.8 Å². The molecule has 0 spiro atoms. The molecule has 1 fully saturated rings. The van der Waals surface area contributed by atoms with Gasteiger partial charge >= 0.3 is 0 Å². The Hall–Kier alpha value is -4.29. The third kappa shape index (κ3) is 5.91. The van der Waals surface area contributed by atoms with Crippen LogP contribution in [0.5, 0.6) is 0 Å². The minimum Gasteiger partial charge on any atom is -0.382 e. The maximum absolute atomic E-state index is 12.3. The van der Waals surface area contributed by atoms with E-state index in [4.69, 9.17) is 10.3 Å². The lowest BCUT2D eigenvalue weighted by atomic mass is 10.1. The van der Waals surface area contributed by atoms with Gasteiger partial charge in [0.05, 0.1) is 11.9 Å². The SMILES string of the molecule is C/C=C(\C)C(=O)Nc1ccc(C)c(-c2noc(-c3sc(Nc4ccc(N5CCN(C)CC5)nc4)nc3N)n2)c1. The van der Waals surface area contributed by atoms with Crippen molar-refractivity contribution in [3.05, 3.63) is 53.7 Å². The predicted molar refractivity (Wildman–Crippen MR) is 155 cm³/mol. The van der Waals surface area contributed by atoms with Gasteiger partial charge in [-0.3, -0.25) is 4.79 Å². The summed E-state index contributed by atoms with van der Waals surface area (Å²) in [4.78, 5) is 31.1. The molecule has 12 heteroatoms. The lowest BCUT2D eigenvalue weighted by Gasteiger charge is -2.33. The third-order valence-electron chi connectivity index (χ3n) is 6.63. The highest BCUT2D eigenvalue weighted by Gasteiger charge is 2.20. The number of hydrogen-bond acceptors (Lipinski definition) is 11. The van der Waals surface area contributed by atoms with Crippen LogP contribution in [-0.2, 0) is 4.79 Å². The monoisotopic (exact) mass is 545 g/mol. The number of nitrogens with two attached hydrogens (primary N) is 1. The van der Waals surface area contributed by atoms with Crippen LogP contribution >= 0.6 is 11.3 Å². The molecule has 39 heavy (non-hydrogen) atoms. The van der Waals surface area contributed by atoms with E-state index >= 15 is 0 Å². The fraction of sp³-hybridized carbons (Fsp3) is 0.296. The van der Waals surface area contributed by atoms with Crippen molar-refractivity contribution in [2.75, 3.05) is 54.5 Å². The summed E-state index contributed by atoms with van der Waals surface area (Å²) >= 11 is 1.32. The first-order chi connectivity index (χ1) is 18.8. The van der Waals surface area contributed by atoms with Crippen LogP contribution < -0.4 is 21.3 Å². The molecule has 0 bridgehead atoms. The van der Waals surface area contributed by atoms with Gasteiger partial charge in [0, 0.05) is 43.0 Å². The number of aryl methyl sites for hydroxylation is 1. The maximum atomic E-state index is 12.3. The van der Waals surface area contributed by atoms with Crippen molar-refractivity contribution < 1.29 is 9.32 Å². The van der Waals surface area contributed by atoms with Crippen LogP contribution in [0.3, 0.4) is 0 Å². The molecular weight excluding hydrogens is 514 g/mol. The van der Waals surface area contributed by atoms with Crippen molar-refractivity contribution in [1.82, 2.24) is 25.0 Å². The van der Waals surface area contributed by atoms with Crippen LogP contribution in [0.25, 0.3) is 22.2 Å². The van der Waals surface area contributed by atoms with Gasteiger partial charge in [-0.2, -0.15) is 4.98 Å². The van der Waals surface area contributed by atoms with Gasteiger partial charge in [0.2, 0.25) is 5.82 Å². The van der Waals surface area contributed by atoms with Crippen molar-refractivity contribution in [3.8, 4) is 22.2 Å². The number of pyridine rings is 1. The number of nitrogen functional groups attached to an aromatic ring is 1. The normalized spacial score (nSPS) is 14.5. The number of rotatable bonds is 7. The van der Waals surface area contributed by atoms with Gasteiger partial charge in [0.15, 0.2) is 5.13 Å². The molecule has 1 aliphatic heterocycles. The minimum atomic E-state index is -0.164. The topological polar surface area (TPSA) is 138 Å². The predicted octanol–water partition coefficient (Wildman–Crippen LogP) is 4.55. The number of nitrogens with zero attached hydrogens (tertiary/aromatic N) is 6. The zero-order valence-electron chi connectivity index (χ0n) is 22.4. The molecule has 5 rings (SSSR count). The smallest absolute Gasteiger partial charge is 0.272 e. The largest absolute Gasteiger partial charge is 0.382 e. The minimum absolute atomic E-state index is 0.164. The van der Waals surface area contributed by atoms with Crippen molar-refractivity contribution in [2.24, 2.45) is 0 Å². The molecule has 11 nitrogen and oxygen atoms in total. The summed E-state index contributed by atoms with van der Waals surface area (Å²) in [7, 11) is 2.13. The van der Waals surface area contributed by atoms with Gasteiger partial charge in [0.1, 0.15) is 16.5 Å². The fourth-order valence-electron chi connectivity index (χ4n) is 4.07. The van der Waals surface area contributed by atoms with E-state index in [1.165, 1.54) is 11.3 Å². The summed E-state index contributed by atoms with van der Waals surface area (Å²) < 4.78 is 5.56. The van der Waals surface area contributed by atoms with Crippen LogP contribution in [0.2, 0.25) is 0 Å². The Kier molecular flexibility index (Phi) is 7.57. The van der Waals surface area contributed by atoms with E-state index in [0.29, 0.717) is 32.9 Å².